The van der Waals surface area contributed by atoms with Gasteiger partial charge < -0.3 is 18.8 Å². The second-order valence-electron chi connectivity index (χ2n) is 9.36. The van der Waals surface area contributed by atoms with Crippen molar-refractivity contribution in [2.45, 2.75) is 19.4 Å². The third-order valence-electron chi connectivity index (χ3n) is 6.88. The molecule has 7 heteroatoms. The number of amides is 1. The van der Waals surface area contributed by atoms with Crippen molar-refractivity contribution in [2.24, 2.45) is 0 Å². The lowest BCUT2D eigenvalue weighted by molar-refractivity contribution is -0.133. The van der Waals surface area contributed by atoms with E-state index in [1.807, 2.05) is 77.7 Å². The summed E-state index contributed by atoms with van der Waals surface area (Å²) in [5.41, 5.74) is 3.98. The van der Waals surface area contributed by atoms with Gasteiger partial charge in [-0.25, -0.2) is 4.98 Å². The summed E-state index contributed by atoms with van der Waals surface area (Å²) in [6.07, 6.45) is 0.855. The summed E-state index contributed by atoms with van der Waals surface area (Å²) in [5, 5.41) is 0. The van der Waals surface area contributed by atoms with E-state index in [4.69, 9.17) is 18.9 Å². The molecule has 3 heterocycles. The normalized spacial score (nSPS) is 15.2. The van der Waals surface area contributed by atoms with Crippen LogP contribution in [0, 0.1) is 0 Å². The monoisotopic (exact) mass is 495 g/mol. The molecule has 0 saturated carbocycles. The van der Waals surface area contributed by atoms with Gasteiger partial charge in [0.15, 0.2) is 23.1 Å². The first kappa shape index (κ1) is 23.3. The van der Waals surface area contributed by atoms with E-state index in [9.17, 15) is 4.79 Å². The Balaban J connectivity index is 1.06. The van der Waals surface area contributed by atoms with Crippen LogP contribution in [-0.4, -0.2) is 53.7 Å². The molecule has 37 heavy (non-hydrogen) atoms. The maximum absolute atomic E-state index is 13.0. The zero-order chi connectivity index (χ0) is 25.0. The topological polar surface area (TPSA) is 68.0 Å². The van der Waals surface area contributed by atoms with E-state index < -0.39 is 0 Å². The molecule has 3 aromatic carbocycles. The number of fused-ring (bicyclic) bond motifs is 1. The van der Waals surface area contributed by atoms with E-state index in [1.165, 1.54) is 5.56 Å². The molecule has 188 valence electrons. The Kier molecular flexibility index (Phi) is 6.60. The summed E-state index contributed by atoms with van der Waals surface area (Å²) in [6, 6.07) is 26.1. The van der Waals surface area contributed by atoms with Crippen LogP contribution in [0.25, 0.3) is 22.6 Å². The van der Waals surface area contributed by atoms with Crippen LogP contribution in [0.1, 0.15) is 17.9 Å². The number of rotatable bonds is 7. The Morgan fingerprint density at radius 2 is 1.51 bits per heavy atom. The molecular formula is C30H29N3O4. The summed E-state index contributed by atoms with van der Waals surface area (Å²) in [4.78, 5) is 22.1. The SMILES string of the molecule is O=C(CCc1nc(-c2ccccc2)c(-c2ccccc2)o1)N1CCN(Cc2ccc3c(c2)OCO3)CC1. The number of aryl methyl sites for hydroxylation is 1. The van der Waals surface area contributed by atoms with Crippen molar-refractivity contribution in [3.8, 4) is 34.1 Å². The second kappa shape index (κ2) is 10.5. The van der Waals surface area contributed by atoms with Crippen LogP contribution in [0.15, 0.2) is 83.3 Å². The minimum atomic E-state index is 0.142. The Labute approximate surface area is 216 Å². The van der Waals surface area contributed by atoms with Gasteiger partial charge in [-0.05, 0) is 17.7 Å². The molecule has 0 unspecified atom stereocenters. The fraction of sp³-hybridized carbons (Fsp3) is 0.267. The number of benzene rings is 3. The van der Waals surface area contributed by atoms with E-state index in [1.54, 1.807) is 0 Å². The largest absolute Gasteiger partial charge is 0.454 e. The smallest absolute Gasteiger partial charge is 0.231 e. The number of piperazine rings is 1. The molecule has 1 amide bonds. The molecule has 1 saturated heterocycles. The molecule has 0 aliphatic carbocycles. The molecule has 1 aromatic heterocycles. The molecule has 1 fully saturated rings. The maximum atomic E-state index is 13.0. The van der Waals surface area contributed by atoms with Crippen molar-refractivity contribution in [1.29, 1.82) is 0 Å². The molecule has 0 atom stereocenters. The Hall–Kier alpha value is -4.10. The summed E-state index contributed by atoms with van der Waals surface area (Å²) in [7, 11) is 0. The van der Waals surface area contributed by atoms with Gasteiger partial charge in [-0.3, -0.25) is 9.69 Å². The van der Waals surface area contributed by atoms with E-state index in [-0.39, 0.29) is 12.7 Å². The van der Waals surface area contributed by atoms with Gasteiger partial charge in [-0.2, -0.15) is 0 Å². The zero-order valence-corrected chi connectivity index (χ0v) is 20.6. The standard InChI is InChI=1S/C30H29N3O4/c34-28(33-17-15-32(16-18-33)20-22-11-12-25-26(19-22)36-21-35-25)14-13-27-31-29(23-7-3-1-4-8-23)30(37-27)24-9-5-2-6-10-24/h1-12,19H,13-18,20-21H2. The first-order valence-electron chi connectivity index (χ1n) is 12.7. The summed E-state index contributed by atoms with van der Waals surface area (Å²) < 4.78 is 17.1. The van der Waals surface area contributed by atoms with Gasteiger partial charge in [-0.15, -0.1) is 0 Å². The van der Waals surface area contributed by atoms with Crippen molar-refractivity contribution in [3.05, 3.63) is 90.3 Å². The van der Waals surface area contributed by atoms with Crippen LogP contribution in [0.5, 0.6) is 11.5 Å². The minimum absolute atomic E-state index is 0.142. The van der Waals surface area contributed by atoms with Gasteiger partial charge in [0.2, 0.25) is 12.7 Å². The lowest BCUT2D eigenvalue weighted by Crippen LogP contribution is -2.48. The molecule has 0 bridgehead atoms. The van der Waals surface area contributed by atoms with Gasteiger partial charge in [0.25, 0.3) is 0 Å². The van der Waals surface area contributed by atoms with Gasteiger partial charge in [-0.1, -0.05) is 66.7 Å². The van der Waals surface area contributed by atoms with Crippen LogP contribution in [0.3, 0.4) is 0 Å². The Morgan fingerprint density at radius 1 is 0.811 bits per heavy atom. The van der Waals surface area contributed by atoms with Crippen LogP contribution in [-0.2, 0) is 17.8 Å². The van der Waals surface area contributed by atoms with E-state index >= 15 is 0 Å². The third-order valence-corrected chi connectivity index (χ3v) is 6.88. The van der Waals surface area contributed by atoms with Gasteiger partial charge in [0, 0.05) is 56.7 Å². The maximum Gasteiger partial charge on any atom is 0.231 e. The minimum Gasteiger partial charge on any atom is -0.454 e. The average molecular weight is 496 g/mol. The van der Waals surface area contributed by atoms with E-state index in [2.05, 4.69) is 11.0 Å². The van der Waals surface area contributed by atoms with Crippen molar-refractivity contribution in [3.63, 3.8) is 0 Å². The van der Waals surface area contributed by atoms with Crippen molar-refractivity contribution in [2.75, 3.05) is 33.0 Å². The fourth-order valence-electron chi connectivity index (χ4n) is 4.87. The molecule has 2 aliphatic heterocycles. The predicted octanol–water partition coefficient (Wildman–Crippen LogP) is 5.01. The Morgan fingerprint density at radius 3 is 2.27 bits per heavy atom. The number of oxazole rings is 1. The summed E-state index contributed by atoms with van der Waals surface area (Å²) >= 11 is 0. The number of hydrogen-bond acceptors (Lipinski definition) is 6. The molecule has 7 nitrogen and oxygen atoms in total. The summed E-state index contributed by atoms with van der Waals surface area (Å²) in [6.45, 7) is 4.25. The highest BCUT2D eigenvalue weighted by Gasteiger charge is 2.23. The molecular weight excluding hydrogens is 466 g/mol. The highest BCUT2D eigenvalue weighted by Crippen LogP contribution is 2.34. The molecule has 0 N–H and O–H groups in total. The van der Waals surface area contributed by atoms with Crippen molar-refractivity contribution < 1.29 is 18.7 Å². The second-order valence-corrected chi connectivity index (χ2v) is 9.36. The van der Waals surface area contributed by atoms with Gasteiger partial charge in [0.05, 0.1) is 0 Å². The number of carbonyl (C=O) groups excluding carboxylic acids is 1. The van der Waals surface area contributed by atoms with Gasteiger partial charge >= 0.3 is 0 Å². The average Bonchev–Trinajstić information content (AvgIpc) is 3.60. The highest BCUT2D eigenvalue weighted by molar-refractivity contribution is 5.78. The summed E-state index contributed by atoms with van der Waals surface area (Å²) in [5.74, 6) is 3.09. The third kappa shape index (κ3) is 5.22. The number of nitrogens with zero attached hydrogens (tertiary/aromatic N) is 3. The van der Waals surface area contributed by atoms with Crippen LogP contribution in [0.4, 0.5) is 0 Å². The van der Waals surface area contributed by atoms with E-state index in [0.717, 1.165) is 66.8 Å². The fourth-order valence-corrected chi connectivity index (χ4v) is 4.87. The molecule has 6 rings (SSSR count). The van der Waals surface area contributed by atoms with Gasteiger partial charge in [0.1, 0.15) is 5.69 Å². The van der Waals surface area contributed by atoms with Crippen LogP contribution >= 0.6 is 0 Å². The molecule has 0 spiro atoms. The Bertz CT molecular complexity index is 1310. The number of ether oxygens (including phenoxy) is 2. The molecule has 2 aliphatic rings. The zero-order valence-electron chi connectivity index (χ0n) is 20.6. The number of aromatic nitrogens is 1. The van der Waals surface area contributed by atoms with Crippen LogP contribution < -0.4 is 9.47 Å². The lowest BCUT2D eigenvalue weighted by Gasteiger charge is -2.34. The van der Waals surface area contributed by atoms with Crippen molar-refractivity contribution >= 4 is 5.91 Å². The number of hydrogen-bond donors (Lipinski definition) is 0. The first-order valence-corrected chi connectivity index (χ1v) is 12.7. The highest BCUT2D eigenvalue weighted by atomic mass is 16.7. The molecule has 0 radical (unpaired) electrons. The van der Waals surface area contributed by atoms with Crippen LogP contribution in [0.2, 0.25) is 0 Å². The predicted molar refractivity (Wildman–Crippen MR) is 140 cm³/mol. The quantitative estimate of drug-likeness (QED) is 0.359. The molecule has 4 aromatic rings. The van der Waals surface area contributed by atoms with E-state index in [0.29, 0.717) is 18.7 Å². The number of carbonyl (C=O) groups is 1. The van der Waals surface area contributed by atoms with Crippen molar-refractivity contribution in [1.82, 2.24) is 14.8 Å². The first-order chi connectivity index (χ1) is 18.2. The lowest BCUT2D eigenvalue weighted by atomic mass is 10.1.